The Morgan fingerprint density at radius 2 is 0.781 bits per heavy atom. The zero-order valence-electron chi connectivity index (χ0n) is 42.8. The predicted molar refractivity (Wildman–Crippen MR) is 278 cm³/mol. The van der Waals surface area contributed by atoms with Gasteiger partial charge in [0.05, 0.1) is 25.4 Å². The number of aliphatic hydroxyl groups excluding tert-OH is 2. The average Bonchev–Trinajstić information content (AvgIpc) is 3.29. The highest BCUT2D eigenvalue weighted by atomic mass is 16.5. The van der Waals surface area contributed by atoms with Crippen molar-refractivity contribution in [3.05, 3.63) is 36.5 Å². The van der Waals surface area contributed by atoms with Crippen LogP contribution in [-0.4, -0.2) is 47.4 Å². The van der Waals surface area contributed by atoms with Crippen LogP contribution < -0.4 is 5.32 Å². The molecular weight excluding hydrogens is 791 g/mol. The fraction of sp³-hybridized carbons (Fsp3) is 0.862. The van der Waals surface area contributed by atoms with Crippen molar-refractivity contribution in [2.24, 2.45) is 0 Å². The molecule has 2 unspecified atom stereocenters. The van der Waals surface area contributed by atoms with E-state index in [2.05, 4.69) is 43.5 Å². The van der Waals surface area contributed by atoms with Crippen molar-refractivity contribution in [2.75, 3.05) is 13.2 Å². The van der Waals surface area contributed by atoms with E-state index < -0.39 is 12.1 Å². The Hall–Kier alpha value is -1.92. The van der Waals surface area contributed by atoms with E-state index in [1.165, 1.54) is 205 Å². The smallest absolute Gasteiger partial charge is 0.305 e. The molecule has 64 heavy (non-hydrogen) atoms. The molecule has 0 spiro atoms. The third-order valence-electron chi connectivity index (χ3n) is 12.9. The molecule has 2 atom stereocenters. The second kappa shape index (κ2) is 53.7. The first-order valence-corrected chi connectivity index (χ1v) is 28.3. The molecule has 0 saturated heterocycles. The number of amides is 1. The minimum Gasteiger partial charge on any atom is -0.466 e. The Kier molecular flexibility index (Phi) is 52.1. The average molecular weight is 901 g/mol. The van der Waals surface area contributed by atoms with Gasteiger partial charge in [-0.05, 0) is 64.2 Å². The molecule has 6 heteroatoms. The highest BCUT2D eigenvalue weighted by molar-refractivity contribution is 5.76. The maximum atomic E-state index is 12.5. The number of rotatable bonds is 52. The lowest BCUT2D eigenvalue weighted by atomic mass is 10.0. The van der Waals surface area contributed by atoms with Crippen LogP contribution in [-0.2, 0) is 14.3 Å². The Bertz CT molecular complexity index is 1040. The topological polar surface area (TPSA) is 95.9 Å². The molecule has 376 valence electrons. The number of carbonyl (C=O) groups excluding carboxylic acids is 2. The Labute approximate surface area is 398 Å². The maximum absolute atomic E-state index is 12.5. The lowest BCUT2D eigenvalue weighted by Crippen LogP contribution is -2.45. The first-order valence-electron chi connectivity index (χ1n) is 28.3. The van der Waals surface area contributed by atoms with Crippen molar-refractivity contribution in [3.8, 4) is 0 Å². The van der Waals surface area contributed by atoms with E-state index >= 15 is 0 Å². The maximum Gasteiger partial charge on any atom is 0.305 e. The van der Waals surface area contributed by atoms with Crippen molar-refractivity contribution < 1.29 is 24.5 Å². The summed E-state index contributed by atoms with van der Waals surface area (Å²) in [6.45, 7) is 4.83. The molecule has 3 N–H and O–H groups in total. The SMILES string of the molecule is CCCCCC/C=C\C/C=C\CCCCCCCCCC(=O)OCCCCCCCCCCCC(=O)NC(CO)C(O)/C=C/CCCCCCCCCCCCCCCCCCCC. The van der Waals surface area contributed by atoms with Gasteiger partial charge in [-0.25, -0.2) is 0 Å². The largest absolute Gasteiger partial charge is 0.466 e. The van der Waals surface area contributed by atoms with Gasteiger partial charge >= 0.3 is 5.97 Å². The van der Waals surface area contributed by atoms with E-state index in [0.29, 0.717) is 19.4 Å². The summed E-state index contributed by atoms with van der Waals surface area (Å²) in [5.74, 6) is -0.129. The first-order chi connectivity index (χ1) is 31.5. The van der Waals surface area contributed by atoms with Gasteiger partial charge in [-0.15, -0.1) is 0 Å². The lowest BCUT2D eigenvalue weighted by molar-refractivity contribution is -0.143. The fourth-order valence-electron chi connectivity index (χ4n) is 8.55. The van der Waals surface area contributed by atoms with Crippen LogP contribution in [0.25, 0.3) is 0 Å². The van der Waals surface area contributed by atoms with Crippen molar-refractivity contribution in [3.63, 3.8) is 0 Å². The Morgan fingerprint density at radius 1 is 0.438 bits per heavy atom. The van der Waals surface area contributed by atoms with Crippen molar-refractivity contribution in [1.29, 1.82) is 0 Å². The number of unbranched alkanes of at least 4 members (excludes halogenated alkanes) is 37. The fourth-order valence-corrected chi connectivity index (χ4v) is 8.55. The lowest BCUT2D eigenvalue weighted by Gasteiger charge is -2.20. The number of ether oxygens (including phenoxy) is 1. The molecule has 0 heterocycles. The number of hydrogen-bond donors (Lipinski definition) is 3. The standard InChI is InChI=1S/C58H109NO5/c1-3-5-7-9-11-13-15-17-19-21-23-24-25-27-29-31-34-38-42-46-50-56(61)55(54-60)59-57(62)51-47-43-39-35-33-37-41-45-49-53-64-58(63)52-48-44-40-36-32-30-28-26-22-20-18-16-14-12-10-8-6-4-2/h14,16,20,22,46,50,55-56,60-61H,3-13,15,17-19,21,23-45,47-49,51-54H2,1-2H3,(H,59,62)/b16-14-,22-20-,50-46+. The molecule has 1 amide bonds. The first kappa shape index (κ1) is 62.1. The highest BCUT2D eigenvalue weighted by Gasteiger charge is 2.18. The summed E-state index contributed by atoms with van der Waals surface area (Å²) in [6, 6.07) is -0.650. The van der Waals surface area contributed by atoms with E-state index in [1.807, 2.05) is 6.08 Å². The minimum atomic E-state index is -0.864. The van der Waals surface area contributed by atoms with Crippen LogP contribution in [0.2, 0.25) is 0 Å². The van der Waals surface area contributed by atoms with E-state index in [1.54, 1.807) is 6.08 Å². The minimum absolute atomic E-state index is 0.0344. The van der Waals surface area contributed by atoms with E-state index in [4.69, 9.17) is 4.74 Å². The summed E-state index contributed by atoms with van der Waals surface area (Å²) in [5, 5.41) is 23.1. The van der Waals surface area contributed by atoms with E-state index in [0.717, 1.165) is 64.2 Å². The third-order valence-corrected chi connectivity index (χ3v) is 12.9. The van der Waals surface area contributed by atoms with Crippen LogP contribution in [0, 0.1) is 0 Å². The highest BCUT2D eigenvalue weighted by Crippen LogP contribution is 2.16. The second-order valence-electron chi connectivity index (χ2n) is 19.3. The van der Waals surface area contributed by atoms with Gasteiger partial charge in [0.15, 0.2) is 0 Å². The summed E-state index contributed by atoms with van der Waals surface area (Å²) in [7, 11) is 0. The molecule has 0 aliphatic rings. The van der Waals surface area contributed by atoms with Gasteiger partial charge in [0, 0.05) is 12.8 Å². The van der Waals surface area contributed by atoms with Crippen LogP contribution in [0.1, 0.15) is 296 Å². The van der Waals surface area contributed by atoms with Crippen LogP contribution in [0.15, 0.2) is 36.5 Å². The number of hydrogen-bond acceptors (Lipinski definition) is 5. The molecule has 0 aliphatic heterocycles. The second-order valence-corrected chi connectivity index (χ2v) is 19.3. The van der Waals surface area contributed by atoms with Gasteiger partial charge in [-0.1, -0.05) is 256 Å². The summed E-state index contributed by atoms with van der Waals surface area (Å²) >= 11 is 0. The molecule has 0 radical (unpaired) electrons. The molecule has 0 rings (SSSR count). The quantitative estimate of drug-likeness (QED) is 0.0321. The third kappa shape index (κ3) is 49.5. The molecule has 0 fully saturated rings. The van der Waals surface area contributed by atoms with Gasteiger partial charge in [-0.2, -0.15) is 0 Å². The van der Waals surface area contributed by atoms with Crippen molar-refractivity contribution in [2.45, 2.75) is 309 Å². The van der Waals surface area contributed by atoms with Crippen LogP contribution in [0.3, 0.4) is 0 Å². The predicted octanol–water partition coefficient (Wildman–Crippen LogP) is 17.2. The molecule has 0 saturated carbocycles. The number of esters is 1. The summed E-state index contributed by atoms with van der Waals surface area (Å²) in [5.41, 5.74) is 0. The van der Waals surface area contributed by atoms with Crippen molar-refractivity contribution in [1.82, 2.24) is 5.32 Å². The monoisotopic (exact) mass is 900 g/mol. The molecule has 0 aliphatic carbocycles. The zero-order chi connectivity index (χ0) is 46.5. The Morgan fingerprint density at radius 3 is 1.20 bits per heavy atom. The van der Waals surface area contributed by atoms with Crippen LogP contribution >= 0.6 is 0 Å². The molecular formula is C58H109NO5. The van der Waals surface area contributed by atoms with E-state index in [-0.39, 0.29) is 18.5 Å². The summed E-state index contributed by atoms with van der Waals surface area (Å²) in [6.07, 6.45) is 65.8. The van der Waals surface area contributed by atoms with Gasteiger partial charge in [0.2, 0.25) is 5.91 Å². The van der Waals surface area contributed by atoms with Crippen LogP contribution in [0.5, 0.6) is 0 Å². The molecule has 0 bridgehead atoms. The normalized spacial score (nSPS) is 12.9. The number of allylic oxidation sites excluding steroid dienone is 5. The zero-order valence-corrected chi connectivity index (χ0v) is 42.8. The molecule has 0 aromatic heterocycles. The van der Waals surface area contributed by atoms with Gasteiger partial charge in [-0.3, -0.25) is 9.59 Å². The summed E-state index contributed by atoms with van der Waals surface area (Å²) in [4.78, 5) is 24.5. The number of aliphatic hydroxyl groups is 2. The van der Waals surface area contributed by atoms with Gasteiger partial charge in [0.25, 0.3) is 0 Å². The molecule has 0 aromatic rings. The molecule has 0 aromatic carbocycles. The van der Waals surface area contributed by atoms with Crippen molar-refractivity contribution >= 4 is 11.9 Å². The summed E-state index contributed by atoms with van der Waals surface area (Å²) < 4.78 is 5.46. The number of nitrogens with one attached hydrogen (secondary N) is 1. The number of carbonyl (C=O) groups is 2. The molecule has 6 nitrogen and oxygen atoms in total. The Balaban J connectivity index is 3.52. The van der Waals surface area contributed by atoms with Gasteiger partial charge in [0.1, 0.15) is 0 Å². The van der Waals surface area contributed by atoms with Crippen LogP contribution in [0.4, 0.5) is 0 Å². The van der Waals surface area contributed by atoms with E-state index in [9.17, 15) is 19.8 Å². The van der Waals surface area contributed by atoms with Gasteiger partial charge < -0.3 is 20.3 Å².